The number of aromatic hydroxyl groups is 1. The number of amides is 1. The van der Waals surface area contributed by atoms with Crippen LogP contribution >= 0.6 is 0 Å². The van der Waals surface area contributed by atoms with Crippen LogP contribution in [-0.2, 0) is 22.6 Å². The number of nitrogens with one attached hydrogen (secondary N) is 3. The molecular weight excluding hydrogens is 809 g/mol. The van der Waals surface area contributed by atoms with Gasteiger partial charge in [-0.05, 0) is 111 Å². The van der Waals surface area contributed by atoms with Gasteiger partial charge in [-0.25, -0.2) is 0 Å². The number of esters is 1. The number of ether oxygens (including phenoxy) is 3. The Bertz CT molecular complexity index is 2520. The van der Waals surface area contributed by atoms with Crippen LogP contribution in [0.5, 0.6) is 17.2 Å². The molecule has 0 aliphatic carbocycles. The van der Waals surface area contributed by atoms with Crippen molar-refractivity contribution in [3.8, 4) is 17.2 Å². The molecule has 5 aromatic carbocycles. The number of likely N-dealkylation sites (tertiary alicyclic amines) is 1. The largest absolute Gasteiger partial charge is 0.506 e. The van der Waals surface area contributed by atoms with Gasteiger partial charge in [-0.1, -0.05) is 84.9 Å². The molecule has 0 radical (unpaired) electrons. The Kier molecular flexibility index (Phi) is 15.8. The summed E-state index contributed by atoms with van der Waals surface area (Å²) in [5, 5.41) is 28.0. The van der Waals surface area contributed by atoms with Crippen LogP contribution in [0, 0.1) is 5.92 Å². The Labute approximate surface area is 374 Å². The van der Waals surface area contributed by atoms with E-state index in [9.17, 15) is 24.6 Å². The molecule has 7 rings (SSSR count). The Hall–Kier alpha value is -6.47. The van der Waals surface area contributed by atoms with Crippen LogP contribution in [0.2, 0.25) is 0 Å². The first-order chi connectivity index (χ1) is 31.1. The van der Waals surface area contributed by atoms with E-state index < -0.39 is 12.0 Å². The summed E-state index contributed by atoms with van der Waals surface area (Å²) in [7, 11) is 0. The molecule has 1 aromatic heterocycles. The number of nitrogens with zero attached hydrogens (tertiary/aromatic N) is 1. The molecule has 0 spiro atoms. The van der Waals surface area contributed by atoms with E-state index in [0.29, 0.717) is 66.7 Å². The predicted octanol–water partition coefficient (Wildman–Crippen LogP) is 7.63. The second-order valence-corrected chi connectivity index (χ2v) is 16.6. The summed E-state index contributed by atoms with van der Waals surface area (Å²) in [5.41, 5.74) is 4.71. The van der Waals surface area contributed by atoms with Crippen molar-refractivity contribution in [2.75, 3.05) is 39.4 Å². The van der Waals surface area contributed by atoms with Crippen LogP contribution in [0.1, 0.15) is 83.3 Å². The molecule has 5 N–H and O–H groups in total. The number of hydrogen-bond acceptors (Lipinski definition) is 10. The van der Waals surface area contributed by atoms with Gasteiger partial charge in [0, 0.05) is 48.8 Å². The van der Waals surface area contributed by atoms with E-state index >= 15 is 0 Å². The highest BCUT2D eigenvalue weighted by molar-refractivity contribution is 5.94. The second kappa shape index (κ2) is 22.2. The number of phenolic OH excluding ortho intramolecular Hbond substituents is 1. The average molecular weight is 867 g/mol. The molecule has 2 atom stereocenters. The number of carbonyl (C=O) groups is 2. The van der Waals surface area contributed by atoms with Crippen LogP contribution < -0.4 is 25.7 Å². The van der Waals surface area contributed by atoms with Crippen molar-refractivity contribution >= 4 is 22.8 Å². The van der Waals surface area contributed by atoms with Crippen LogP contribution in [0.15, 0.2) is 132 Å². The molecule has 334 valence electrons. The highest BCUT2D eigenvalue weighted by Crippen LogP contribution is 2.31. The molecular formula is C52H58N4O8. The third-order valence-corrected chi connectivity index (χ3v) is 11.5. The number of aliphatic hydroxyl groups excluding tert-OH is 1. The number of phenols is 1. The Balaban J connectivity index is 0.883. The van der Waals surface area contributed by atoms with Gasteiger partial charge in [-0.15, -0.1) is 0 Å². The molecule has 0 bridgehead atoms. The van der Waals surface area contributed by atoms with Gasteiger partial charge in [0.1, 0.15) is 23.2 Å². The lowest BCUT2D eigenvalue weighted by Gasteiger charge is -2.32. The maximum atomic E-state index is 13.8. The number of hydrogen-bond donors (Lipinski definition) is 5. The molecule has 1 aliphatic heterocycles. The monoisotopic (exact) mass is 866 g/mol. The smallest absolute Gasteiger partial charge is 0.317 e. The highest BCUT2D eigenvalue weighted by Gasteiger charge is 2.27. The minimum Gasteiger partial charge on any atom is -0.506 e. The summed E-state index contributed by atoms with van der Waals surface area (Å²) in [6.07, 6.45) is 1.46. The van der Waals surface area contributed by atoms with Gasteiger partial charge in [0.15, 0.2) is 0 Å². The van der Waals surface area contributed by atoms with Crippen LogP contribution in [-0.4, -0.2) is 77.5 Å². The molecule has 6 aromatic rings. The molecule has 1 fully saturated rings. The first-order valence-electron chi connectivity index (χ1n) is 22.1. The van der Waals surface area contributed by atoms with Crippen molar-refractivity contribution in [2.45, 2.75) is 64.3 Å². The lowest BCUT2D eigenvalue weighted by atomic mass is 9.91. The highest BCUT2D eigenvalue weighted by atomic mass is 16.5. The number of aliphatic hydroxyl groups is 1. The van der Waals surface area contributed by atoms with E-state index in [2.05, 4.69) is 44.8 Å². The maximum absolute atomic E-state index is 13.8. The van der Waals surface area contributed by atoms with Crippen LogP contribution in [0.25, 0.3) is 10.9 Å². The molecule has 2 heterocycles. The van der Waals surface area contributed by atoms with Gasteiger partial charge in [0.25, 0.3) is 5.91 Å². The zero-order chi connectivity index (χ0) is 44.8. The lowest BCUT2D eigenvalue weighted by Crippen LogP contribution is -2.35. The van der Waals surface area contributed by atoms with E-state index in [4.69, 9.17) is 14.2 Å². The van der Waals surface area contributed by atoms with Gasteiger partial charge in [0.05, 0.1) is 30.9 Å². The summed E-state index contributed by atoms with van der Waals surface area (Å²) >= 11 is 0. The number of H-pyrrole nitrogens is 1. The quantitative estimate of drug-likeness (QED) is 0.0381. The van der Waals surface area contributed by atoms with Crippen LogP contribution in [0.3, 0.4) is 0 Å². The fraction of sp³-hybridized carbons (Fsp3) is 0.327. The fourth-order valence-electron chi connectivity index (χ4n) is 8.10. The van der Waals surface area contributed by atoms with E-state index in [0.717, 1.165) is 49.2 Å². The van der Waals surface area contributed by atoms with Gasteiger partial charge in [-0.2, -0.15) is 0 Å². The van der Waals surface area contributed by atoms with Crippen LogP contribution in [0.4, 0.5) is 0 Å². The number of piperidine rings is 1. The molecule has 64 heavy (non-hydrogen) atoms. The first kappa shape index (κ1) is 45.6. The number of fused-ring (bicyclic) bond motifs is 1. The molecule has 1 saturated heterocycles. The zero-order valence-electron chi connectivity index (χ0n) is 36.5. The molecule has 12 heteroatoms. The molecule has 1 aliphatic rings. The molecule has 0 saturated carbocycles. The SMILES string of the molecule is CC(C)Oc1cc(C(=O)NCCCOc2cccc(C(C(=O)OCC3CCN(Cc4ccccc4)CC3)c3ccccc3)c2)ccc1CNC[C@H](O)c1ccc(O)c2[nH]c(=O)ccc12. The van der Waals surface area contributed by atoms with Crippen molar-refractivity contribution in [1.82, 2.24) is 20.5 Å². The summed E-state index contributed by atoms with van der Waals surface area (Å²) in [5.74, 6) is 0.314. The number of aromatic nitrogens is 1. The summed E-state index contributed by atoms with van der Waals surface area (Å²) < 4.78 is 18.2. The molecule has 1 unspecified atom stereocenters. The third-order valence-electron chi connectivity index (χ3n) is 11.5. The number of pyridine rings is 1. The van der Waals surface area contributed by atoms with Gasteiger partial charge in [0.2, 0.25) is 5.56 Å². The normalized spacial score (nSPS) is 14.2. The minimum atomic E-state index is -0.925. The minimum absolute atomic E-state index is 0.0724. The van der Waals surface area contributed by atoms with Crippen molar-refractivity contribution in [2.24, 2.45) is 5.92 Å². The Morgan fingerprint density at radius 3 is 2.38 bits per heavy atom. The number of benzene rings is 5. The standard InChI is InChI=1S/C52H58N4O8/c1-35(2)64-47-30-40(17-18-41(47)31-53-32-46(58)43-19-21-45(57)50-44(43)20-22-48(59)55-50)51(60)54-25-10-28-62-42-16-9-15-39(29-42)49(38-13-7-4-8-14-38)52(61)63-34-37-23-26-56(27-24-37)33-36-11-5-3-6-12-36/h3-9,11-22,29-30,35,37,46,49,53,57-58H,10,23-28,31-34H2,1-2H3,(H,54,60)(H,55,59)/t46-,49?/m0/s1. The van der Waals surface area contributed by atoms with Gasteiger partial charge < -0.3 is 40.0 Å². The summed E-state index contributed by atoms with van der Waals surface area (Å²) in [6, 6.07) is 39.1. The van der Waals surface area contributed by atoms with E-state index in [-0.39, 0.29) is 41.4 Å². The van der Waals surface area contributed by atoms with Gasteiger partial charge >= 0.3 is 5.97 Å². The third kappa shape index (κ3) is 12.4. The predicted molar refractivity (Wildman–Crippen MR) is 248 cm³/mol. The van der Waals surface area contributed by atoms with E-state index in [1.807, 2.05) is 80.6 Å². The van der Waals surface area contributed by atoms with Crippen molar-refractivity contribution in [1.29, 1.82) is 0 Å². The molecule has 12 nitrogen and oxygen atoms in total. The van der Waals surface area contributed by atoms with Crippen molar-refractivity contribution < 1.29 is 34.0 Å². The van der Waals surface area contributed by atoms with Crippen molar-refractivity contribution in [3.63, 3.8) is 0 Å². The van der Waals surface area contributed by atoms with Crippen molar-refractivity contribution in [3.05, 3.63) is 171 Å². The first-order valence-corrected chi connectivity index (χ1v) is 22.1. The zero-order valence-corrected chi connectivity index (χ0v) is 36.5. The summed E-state index contributed by atoms with van der Waals surface area (Å²) in [4.78, 5) is 43.9. The van der Waals surface area contributed by atoms with E-state index in [1.54, 1.807) is 24.3 Å². The Morgan fingerprint density at radius 2 is 1.61 bits per heavy atom. The van der Waals surface area contributed by atoms with Gasteiger partial charge in [-0.3, -0.25) is 19.3 Å². The number of aromatic amines is 1. The lowest BCUT2D eigenvalue weighted by molar-refractivity contribution is -0.146. The fourth-order valence-corrected chi connectivity index (χ4v) is 8.10. The second-order valence-electron chi connectivity index (χ2n) is 16.6. The molecule has 1 amide bonds. The van der Waals surface area contributed by atoms with E-state index in [1.165, 1.54) is 17.7 Å². The number of carbonyl (C=O) groups excluding carboxylic acids is 2. The number of rotatable bonds is 20. The topological polar surface area (TPSA) is 162 Å². The summed E-state index contributed by atoms with van der Waals surface area (Å²) in [6.45, 7) is 8.39. The Morgan fingerprint density at radius 1 is 0.859 bits per heavy atom. The maximum Gasteiger partial charge on any atom is 0.317 e. The average Bonchev–Trinajstić information content (AvgIpc) is 3.30.